The summed E-state index contributed by atoms with van der Waals surface area (Å²) in [6.07, 6.45) is 3.30. The van der Waals surface area contributed by atoms with Gasteiger partial charge in [-0.1, -0.05) is 42.2 Å². The minimum absolute atomic E-state index is 0.170. The molecule has 1 amide bonds. The van der Waals surface area contributed by atoms with Crippen molar-refractivity contribution in [2.75, 3.05) is 13.2 Å². The smallest absolute Gasteiger partial charge is 0.266 e. The maximum absolute atomic E-state index is 12.2. The number of ether oxygens (including phenoxy) is 1. The summed E-state index contributed by atoms with van der Waals surface area (Å²) < 4.78 is 5.53. The Morgan fingerprint density at radius 1 is 1.50 bits per heavy atom. The van der Waals surface area contributed by atoms with Crippen LogP contribution >= 0.6 is 24.0 Å². The Kier molecular flexibility index (Phi) is 5.35. The van der Waals surface area contributed by atoms with Crippen LogP contribution in [0.15, 0.2) is 41.8 Å². The Morgan fingerprint density at radius 2 is 2.27 bits per heavy atom. The molecule has 1 fully saturated rings. The molecule has 0 saturated carbocycles. The van der Waals surface area contributed by atoms with E-state index in [1.165, 1.54) is 16.7 Å². The number of nitrogens with zero attached hydrogens (tertiary/aromatic N) is 1. The van der Waals surface area contributed by atoms with E-state index in [-0.39, 0.29) is 5.91 Å². The van der Waals surface area contributed by atoms with Gasteiger partial charge in [-0.3, -0.25) is 9.69 Å². The van der Waals surface area contributed by atoms with E-state index in [0.29, 0.717) is 21.5 Å². The molecule has 1 aromatic rings. The first-order chi connectivity index (χ1) is 10.5. The molecular formula is C15H12NO4S2-. The second kappa shape index (κ2) is 7.24. The Morgan fingerprint density at radius 3 is 2.95 bits per heavy atom. The van der Waals surface area contributed by atoms with Gasteiger partial charge in [0, 0.05) is 6.54 Å². The standard InChI is InChI=1S/C15H13NO4S2/c1-2-6-16-14(19)12(22-15(16)21)8-10-4-3-5-11(7-10)20-9-13(17)18/h2-5,7-8H,1,6,9H2,(H,17,18)/p-1/b12-8-. The van der Waals surface area contributed by atoms with Crippen molar-refractivity contribution in [1.29, 1.82) is 0 Å². The Hall–Kier alpha value is -2.12. The SMILES string of the molecule is C=CCN1C(=O)/C(=C/c2cccc(OCC(=O)[O-])c2)SC1=S. The van der Waals surface area contributed by atoms with Gasteiger partial charge in [-0.2, -0.15) is 0 Å². The van der Waals surface area contributed by atoms with Gasteiger partial charge in [0.1, 0.15) is 16.7 Å². The van der Waals surface area contributed by atoms with Crippen molar-refractivity contribution in [1.82, 2.24) is 4.90 Å². The van der Waals surface area contributed by atoms with Gasteiger partial charge in [-0.15, -0.1) is 6.58 Å². The van der Waals surface area contributed by atoms with Crippen LogP contribution in [0.3, 0.4) is 0 Å². The highest BCUT2D eigenvalue weighted by Crippen LogP contribution is 2.32. The number of carbonyl (C=O) groups excluding carboxylic acids is 2. The average Bonchev–Trinajstić information content (AvgIpc) is 2.74. The largest absolute Gasteiger partial charge is 0.546 e. The normalized spacial score (nSPS) is 16.2. The number of carboxylic acids is 1. The number of carbonyl (C=O) groups is 2. The maximum atomic E-state index is 12.2. The molecule has 0 unspecified atom stereocenters. The second-order valence-corrected chi connectivity index (χ2v) is 5.99. The molecule has 0 bridgehead atoms. The summed E-state index contributed by atoms with van der Waals surface area (Å²) >= 11 is 6.37. The summed E-state index contributed by atoms with van der Waals surface area (Å²) in [5.41, 5.74) is 0.718. The number of rotatable bonds is 6. The van der Waals surface area contributed by atoms with E-state index in [2.05, 4.69) is 6.58 Å². The summed E-state index contributed by atoms with van der Waals surface area (Å²) in [7, 11) is 0. The second-order valence-electron chi connectivity index (χ2n) is 4.31. The number of carboxylic acid groups (broad SMARTS) is 1. The number of amides is 1. The number of benzene rings is 1. The molecule has 0 N–H and O–H groups in total. The highest BCUT2D eigenvalue weighted by molar-refractivity contribution is 8.26. The third-order valence-corrected chi connectivity index (χ3v) is 4.08. The molecule has 7 heteroatoms. The van der Waals surface area contributed by atoms with Crippen molar-refractivity contribution in [3.8, 4) is 5.75 Å². The van der Waals surface area contributed by atoms with Gasteiger partial charge in [-0.05, 0) is 23.8 Å². The predicted octanol–water partition coefficient (Wildman–Crippen LogP) is 1.20. The first-order valence-corrected chi connectivity index (χ1v) is 7.52. The molecule has 0 spiro atoms. The highest BCUT2D eigenvalue weighted by atomic mass is 32.2. The number of thioether (sulfide) groups is 1. The van der Waals surface area contributed by atoms with Crippen LogP contribution in [0, 0.1) is 0 Å². The lowest BCUT2D eigenvalue weighted by Gasteiger charge is -2.10. The lowest BCUT2D eigenvalue weighted by atomic mass is 10.2. The van der Waals surface area contributed by atoms with Crippen LogP contribution in [0.2, 0.25) is 0 Å². The molecule has 0 aromatic heterocycles. The van der Waals surface area contributed by atoms with Gasteiger partial charge in [0.25, 0.3) is 5.91 Å². The van der Waals surface area contributed by atoms with Crippen LogP contribution in [0.4, 0.5) is 0 Å². The number of hydrogen-bond acceptors (Lipinski definition) is 6. The van der Waals surface area contributed by atoms with E-state index >= 15 is 0 Å². The molecule has 0 aliphatic carbocycles. The lowest BCUT2D eigenvalue weighted by molar-refractivity contribution is -0.307. The zero-order chi connectivity index (χ0) is 16.1. The molecule has 2 rings (SSSR count). The van der Waals surface area contributed by atoms with E-state index in [1.807, 2.05) is 0 Å². The average molecular weight is 334 g/mol. The third kappa shape index (κ3) is 3.96. The molecule has 114 valence electrons. The topological polar surface area (TPSA) is 69.7 Å². The molecule has 1 aliphatic heterocycles. The van der Waals surface area contributed by atoms with Crippen LogP contribution in [0.1, 0.15) is 5.56 Å². The first kappa shape index (κ1) is 16.3. The van der Waals surface area contributed by atoms with Crippen molar-refractivity contribution in [2.24, 2.45) is 0 Å². The van der Waals surface area contributed by atoms with Crippen molar-refractivity contribution < 1.29 is 19.4 Å². The Balaban J connectivity index is 2.17. The van der Waals surface area contributed by atoms with E-state index < -0.39 is 12.6 Å². The summed E-state index contributed by atoms with van der Waals surface area (Å²) in [6.45, 7) is 3.45. The van der Waals surface area contributed by atoms with Gasteiger partial charge in [-0.25, -0.2) is 0 Å². The minimum atomic E-state index is -1.30. The van der Waals surface area contributed by atoms with E-state index in [0.717, 1.165) is 5.56 Å². The molecule has 1 aromatic carbocycles. The van der Waals surface area contributed by atoms with E-state index in [1.54, 1.807) is 36.4 Å². The van der Waals surface area contributed by atoms with E-state index in [4.69, 9.17) is 17.0 Å². The summed E-state index contributed by atoms with van der Waals surface area (Å²) in [5, 5.41) is 10.4. The van der Waals surface area contributed by atoms with Crippen LogP contribution < -0.4 is 9.84 Å². The van der Waals surface area contributed by atoms with Crippen LogP contribution in [0.5, 0.6) is 5.75 Å². The zero-order valence-electron chi connectivity index (χ0n) is 11.5. The van der Waals surface area contributed by atoms with Gasteiger partial charge >= 0.3 is 0 Å². The van der Waals surface area contributed by atoms with Crippen LogP contribution in [-0.4, -0.2) is 34.2 Å². The number of hydrogen-bond donors (Lipinski definition) is 0. The van der Waals surface area contributed by atoms with Crippen molar-refractivity contribution in [3.05, 3.63) is 47.4 Å². The maximum Gasteiger partial charge on any atom is 0.266 e. The molecule has 0 atom stereocenters. The molecule has 5 nitrogen and oxygen atoms in total. The molecule has 1 aliphatic rings. The molecule has 1 heterocycles. The molecule has 22 heavy (non-hydrogen) atoms. The van der Waals surface area contributed by atoms with Gasteiger partial charge < -0.3 is 14.6 Å². The fraction of sp³-hybridized carbons (Fsp3) is 0.133. The van der Waals surface area contributed by atoms with Gasteiger partial charge in [0.15, 0.2) is 0 Å². The Bertz CT molecular complexity index is 669. The van der Waals surface area contributed by atoms with E-state index in [9.17, 15) is 14.7 Å². The summed E-state index contributed by atoms with van der Waals surface area (Å²) in [6, 6.07) is 6.76. The monoisotopic (exact) mass is 334 g/mol. The third-order valence-electron chi connectivity index (χ3n) is 2.70. The Labute approximate surface area is 137 Å². The quantitative estimate of drug-likeness (QED) is 0.442. The number of aliphatic carboxylic acids is 1. The lowest BCUT2D eigenvalue weighted by Crippen LogP contribution is -2.28. The fourth-order valence-corrected chi connectivity index (χ4v) is 3.05. The highest BCUT2D eigenvalue weighted by Gasteiger charge is 2.30. The fourth-order valence-electron chi connectivity index (χ4n) is 1.77. The molecule has 1 saturated heterocycles. The summed E-state index contributed by atoms with van der Waals surface area (Å²) in [5.74, 6) is -1.08. The predicted molar refractivity (Wildman–Crippen MR) is 87.0 cm³/mol. The van der Waals surface area contributed by atoms with Crippen LogP contribution in [0.25, 0.3) is 6.08 Å². The summed E-state index contributed by atoms with van der Waals surface area (Å²) in [4.78, 5) is 24.6. The van der Waals surface area contributed by atoms with Gasteiger partial charge in [0.2, 0.25) is 0 Å². The van der Waals surface area contributed by atoms with Gasteiger partial charge in [0.05, 0.1) is 10.9 Å². The zero-order valence-corrected chi connectivity index (χ0v) is 13.1. The van der Waals surface area contributed by atoms with Crippen LogP contribution in [-0.2, 0) is 9.59 Å². The van der Waals surface area contributed by atoms with Crippen molar-refractivity contribution in [3.63, 3.8) is 0 Å². The minimum Gasteiger partial charge on any atom is -0.546 e. The molecular weight excluding hydrogens is 322 g/mol. The van der Waals surface area contributed by atoms with Crippen molar-refractivity contribution in [2.45, 2.75) is 0 Å². The molecule has 0 radical (unpaired) electrons. The number of thiocarbonyl (C=S) groups is 1. The van der Waals surface area contributed by atoms with Crippen molar-refractivity contribution >= 4 is 46.3 Å². The first-order valence-electron chi connectivity index (χ1n) is 6.30.